The lowest BCUT2D eigenvalue weighted by Gasteiger charge is -2.29. The number of esters is 1. The third-order valence-electron chi connectivity index (χ3n) is 3.99. The molecule has 21 heavy (non-hydrogen) atoms. The number of ether oxygens (including phenoxy) is 1. The number of aromatic hydroxyl groups is 1. The fraction of sp³-hybridized carbons (Fsp3) is 0.500. The van der Waals surface area contributed by atoms with E-state index in [4.69, 9.17) is 4.74 Å². The Morgan fingerprint density at radius 1 is 1.19 bits per heavy atom. The molecule has 114 valence electrons. The highest BCUT2D eigenvalue weighted by atomic mass is 16.5. The second-order valence-corrected chi connectivity index (χ2v) is 5.42. The fourth-order valence-corrected chi connectivity index (χ4v) is 2.80. The van der Waals surface area contributed by atoms with E-state index in [1.165, 1.54) is 37.8 Å². The molecule has 0 spiro atoms. The number of methoxy groups -OCH3 is 1. The summed E-state index contributed by atoms with van der Waals surface area (Å²) in [7, 11) is 1.34. The monoisotopic (exact) mass is 291 g/mol. The highest BCUT2D eigenvalue weighted by Gasteiger charge is 2.31. The quantitative estimate of drug-likeness (QED) is 0.834. The minimum Gasteiger partial charge on any atom is -0.508 e. The Bertz CT molecular complexity index is 492. The number of nitrogens with one attached hydrogen (secondary N) is 1. The first kappa shape index (κ1) is 15.4. The minimum absolute atomic E-state index is 0.100. The summed E-state index contributed by atoms with van der Waals surface area (Å²) < 4.78 is 4.83. The smallest absolute Gasteiger partial charge is 0.328 e. The van der Waals surface area contributed by atoms with Gasteiger partial charge in [0.05, 0.1) is 7.11 Å². The number of hydrogen-bond donors (Lipinski definition) is 2. The van der Waals surface area contributed by atoms with Crippen LogP contribution in [0.3, 0.4) is 0 Å². The molecule has 0 bridgehead atoms. The van der Waals surface area contributed by atoms with Crippen molar-refractivity contribution in [2.45, 2.75) is 38.1 Å². The summed E-state index contributed by atoms with van der Waals surface area (Å²) in [5, 5.41) is 12.0. The Kier molecular flexibility index (Phi) is 5.20. The SMILES string of the molecule is COC(=O)[C@@H](NC(=O)c1ccc(O)cc1)C1CCCCC1. The first-order valence-corrected chi connectivity index (χ1v) is 7.29. The zero-order valence-electron chi connectivity index (χ0n) is 12.2. The second-order valence-electron chi connectivity index (χ2n) is 5.42. The van der Waals surface area contributed by atoms with Gasteiger partial charge in [-0.3, -0.25) is 4.79 Å². The van der Waals surface area contributed by atoms with Crippen molar-refractivity contribution >= 4 is 11.9 Å². The number of hydrogen-bond acceptors (Lipinski definition) is 4. The summed E-state index contributed by atoms with van der Waals surface area (Å²) in [6.07, 6.45) is 5.18. The van der Waals surface area contributed by atoms with E-state index in [1.807, 2.05) is 0 Å². The van der Waals surface area contributed by atoms with Crippen LogP contribution in [0.5, 0.6) is 5.75 Å². The van der Waals surface area contributed by atoms with Crippen LogP contribution in [0.1, 0.15) is 42.5 Å². The Hall–Kier alpha value is -2.04. The van der Waals surface area contributed by atoms with Gasteiger partial charge < -0.3 is 15.2 Å². The van der Waals surface area contributed by atoms with Crippen molar-refractivity contribution in [3.63, 3.8) is 0 Å². The highest BCUT2D eigenvalue weighted by molar-refractivity contribution is 5.96. The lowest BCUT2D eigenvalue weighted by molar-refractivity contribution is -0.144. The van der Waals surface area contributed by atoms with Crippen molar-refractivity contribution in [1.29, 1.82) is 0 Å². The van der Waals surface area contributed by atoms with Gasteiger partial charge in [-0.2, -0.15) is 0 Å². The largest absolute Gasteiger partial charge is 0.508 e. The molecule has 0 radical (unpaired) electrons. The molecule has 1 aromatic rings. The van der Waals surface area contributed by atoms with Crippen LogP contribution in [0.15, 0.2) is 24.3 Å². The van der Waals surface area contributed by atoms with Gasteiger partial charge in [0.25, 0.3) is 5.91 Å². The number of benzene rings is 1. The fourth-order valence-electron chi connectivity index (χ4n) is 2.80. The van der Waals surface area contributed by atoms with Crippen LogP contribution < -0.4 is 5.32 Å². The Labute approximate surface area is 124 Å². The van der Waals surface area contributed by atoms with Crippen molar-refractivity contribution < 1.29 is 19.4 Å². The van der Waals surface area contributed by atoms with Gasteiger partial charge >= 0.3 is 5.97 Å². The molecule has 0 saturated heterocycles. The zero-order chi connectivity index (χ0) is 15.2. The Morgan fingerprint density at radius 3 is 2.38 bits per heavy atom. The Morgan fingerprint density at radius 2 is 1.81 bits per heavy atom. The maximum absolute atomic E-state index is 12.2. The summed E-state index contributed by atoms with van der Waals surface area (Å²) in [5.74, 6) is -0.486. The molecule has 2 N–H and O–H groups in total. The van der Waals surface area contributed by atoms with Gasteiger partial charge in [0.1, 0.15) is 11.8 Å². The molecular formula is C16H21NO4. The van der Waals surface area contributed by atoms with Crippen LogP contribution in [0, 0.1) is 5.92 Å². The van der Waals surface area contributed by atoms with E-state index in [2.05, 4.69) is 5.32 Å². The molecule has 1 atom stereocenters. The summed E-state index contributed by atoms with van der Waals surface area (Å²) in [4.78, 5) is 24.2. The molecule has 1 saturated carbocycles. The zero-order valence-corrected chi connectivity index (χ0v) is 12.2. The van der Waals surface area contributed by atoms with Crippen molar-refractivity contribution in [3.8, 4) is 5.75 Å². The number of phenols is 1. The molecular weight excluding hydrogens is 270 g/mol. The van der Waals surface area contributed by atoms with Gasteiger partial charge in [0.2, 0.25) is 0 Å². The molecule has 5 heteroatoms. The van der Waals surface area contributed by atoms with Crippen LogP contribution >= 0.6 is 0 Å². The summed E-state index contributed by atoms with van der Waals surface area (Å²) in [6, 6.07) is 5.35. The average Bonchev–Trinajstić information content (AvgIpc) is 2.53. The molecule has 2 rings (SSSR count). The van der Waals surface area contributed by atoms with Gasteiger partial charge in [-0.15, -0.1) is 0 Å². The molecule has 0 heterocycles. The molecule has 1 fully saturated rings. The third-order valence-corrected chi connectivity index (χ3v) is 3.99. The third kappa shape index (κ3) is 3.97. The van der Waals surface area contributed by atoms with E-state index in [-0.39, 0.29) is 17.6 Å². The maximum atomic E-state index is 12.2. The molecule has 0 aromatic heterocycles. The van der Waals surface area contributed by atoms with Gasteiger partial charge in [-0.05, 0) is 43.0 Å². The van der Waals surface area contributed by atoms with E-state index < -0.39 is 12.0 Å². The summed E-state index contributed by atoms with van der Waals surface area (Å²) in [6.45, 7) is 0. The van der Waals surface area contributed by atoms with Crippen molar-refractivity contribution in [2.75, 3.05) is 7.11 Å². The standard InChI is InChI=1S/C16H21NO4/c1-21-16(20)14(11-5-3-2-4-6-11)17-15(19)12-7-9-13(18)10-8-12/h7-11,14,18H,2-6H2,1H3,(H,17,19)/t14-/m0/s1. The van der Waals surface area contributed by atoms with Crippen molar-refractivity contribution in [2.24, 2.45) is 5.92 Å². The van der Waals surface area contributed by atoms with E-state index in [0.717, 1.165) is 25.7 Å². The molecule has 1 aliphatic rings. The first-order chi connectivity index (χ1) is 10.1. The molecule has 0 unspecified atom stereocenters. The van der Waals surface area contributed by atoms with Crippen LogP contribution in [-0.2, 0) is 9.53 Å². The average molecular weight is 291 g/mol. The Balaban J connectivity index is 2.08. The van der Waals surface area contributed by atoms with Gasteiger partial charge in [-0.1, -0.05) is 19.3 Å². The van der Waals surface area contributed by atoms with E-state index >= 15 is 0 Å². The number of carbonyl (C=O) groups is 2. The van der Waals surface area contributed by atoms with Gasteiger partial charge in [-0.25, -0.2) is 4.79 Å². The maximum Gasteiger partial charge on any atom is 0.328 e. The van der Waals surface area contributed by atoms with Crippen LogP contribution in [0.25, 0.3) is 0 Å². The number of carbonyl (C=O) groups excluding carboxylic acids is 2. The topological polar surface area (TPSA) is 75.6 Å². The van der Waals surface area contributed by atoms with E-state index in [1.54, 1.807) is 0 Å². The van der Waals surface area contributed by atoms with Crippen LogP contribution in [0.4, 0.5) is 0 Å². The molecule has 5 nitrogen and oxygen atoms in total. The minimum atomic E-state index is -0.600. The van der Waals surface area contributed by atoms with Crippen LogP contribution in [0.2, 0.25) is 0 Å². The lowest BCUT2D eigenvalue weighted by Crippen LogP contribution is -2.47. The predicted molar refractivity (Wildman–Crippen MR) is 78.0 cm³/mol. The lowest BCUT2D eigenvalue weighted by atomic mass is 9.83. The van der Waals surface area contributed by atoms with E-state index in [0.29, 0.717) is 5.56 Å². The highest BCUT2D eigenvalue weighted by Crippen LogP contribution is 2.27. The number of rotatable bonds is 4. The van der Waals surface area contributed by atoms with E-state index in [9.17, 15) is 14.7 Å². The van der Waals surface area contributed by atoms with Gasteiger partial charge in [0.15, 0.2) is 0 Å². The van der Waals surface area contributed by atoms with Crippen LogP contribution in [-0.4, -0.2) is 30.1 Å². The summed E-state index contributed by atoms with van der Waals surface area (Å²) >= 11 is 0. The van der Waals surface area contributed by atoms with Gasteiger partial charge in [0, 0.05) is 5.56 Å². The second kappa shape index (κ2) is 7.11. The van der Waals surface area contributed by atoms with Crippen molar-refractivity contribution in [3.05, 3.63) is 29.8 Å². The number of amides is 1. The molecule has 1 aliphatic carbocycles. The van der Waals surface area contributed by atoms with Crippen molar-refractivity contribution in [1.82, 2.24) is 5.32 Å². The molecule has 1 amide bonds. The number of phenolic OH excluding ortho intramolecular Hbond substituents is 1. The first-order valence-electron chi connectivity index (χ1n) is 7.29. The molecule has 1 aromatic carbocycles. The summed E-state index contributed by atoms with van der Waals surface area (Å²) in [5.41, 5.74) is 0.414. The molecule has 0 aliphatic heterocycles. The predicted octanol–water partition coefficient (Wildman–Crippen LogP) is 2.24. The normalized spacial score (nSPS) is 17.0.